The number of nitrogens with one attached hydrogen (secondary N) is 1. The van der Waals surface area contributed by atoms with E-state index in [2.05, 4.69) is 27.6 Å². The van der Waals surface area contributed by atoms with Crippen molar-refractivity contribution < 1.29 is 4.79 Å². The lowest BCUT2D eigenvalue weighted by Gasteiger charge is -2.16. The predicted octanol–water partition coefficient (Wildman–Crippen LogP) is 3.80. The zero-order valence-electron chi connectivity index (χ0n) is 17.8. The number of pyridine rings is 1. The Morgan fingerprint density at radius 3 is 2.63 bits per heavy atom. The summed E-state index contributed by atoms with van der Waals surface area (Å²) in [6.07, 6.45) is 1.76. The highest BCUT2D eigenvalue weighted by Crippen LogP contribution is 2.24. The van der Waals surface area contributed by atoms with Crippen molar-refractivity contribution in [3.63, 3.8) is 0 Å². The van der Waals surface area contributed by atoms with Crippen molar-refractivity contribution in [2.24, 2.45) is 0 Å². The van der Waals surface area contributed by atoms with Gasteiger partial charge in [-0.15, -0.1) is 0 Å². The number of fused-ring (bicyclic) bond motifs is 1. The average molecular weight is 403 g/mol. The Labute approximate surface area is 175 Å². The van der Waals surface area contributed by atoms with Crippen molar-refractivity contribution in [3.05, 3.63) is 76.9 Å². The van der Waals surface area contributed by atoms with Crippen LogP contribution in [0.4, 0.5) is 0 Å². The minimum absolute atomic E-state index is 0.135. The van der Waals surface area contributed by atoms with E-state index in [1.807, 2.05) is 67.4 Å². The Kier molecular flexibility index (Phi) is 5.35. The molecule has 1 atom stereocenters. The number of carbonyl (C=O) groups excluding carboxylic acids is 1. The molecule has 0 aliphatic heterocycles. The minimum Gasteiger partial charge on any atom is -0.344 e. The molecule has 154 valence electrons. The highest BCUT2D eigenvalue weighted by atomic mass is 16.1. The van der Waals surface area contributed by atoms with Gasteiger partial charge in [0.2, 0.25) is 0 Å². The fourth-order valence-corrected chi connectivity index (χ4v) is 3.85. The molecule has 0 spiro atoms. The SMILES string of the molecule is CCn1nccc1[C@@H](C)NC(=O)c1cc(C)nc2c1c(C)nn2Cc1ccccc1. The van der Waals surface area contributed by atoms with Gasteiger partial charge < -0.3 is 5.32 Å². The first-order valence-corrected chi connectivity index (χ1v) is 10.2. The molecule has 3 heterocycles. The zero-order chi connectivity index (χ0) is 21.3. The fourth-order valence-electron chi connectivity index (χ4n) is 3.85. The molecule has 0 aliphatic carbocycles. The molecular weight excluding hydrogens is 376 g/mol. The van der Waals surface area contributed by atoms with Crippen LogP contribution in [0.15, 0.2) is 48.7 Å². The molecule has 0 saturated carbocycles. The third-order valence-electron chi connectivity index (χ3n) is 5.27. The number of amides is 1. The molecule has 30 heavy (non-hydrogen) atoms. The van der Waals surface area contributed by atoms with Crippen molar-refractivity contribution in [1.29, 1.82) is 0 Å². The van der Waals surface area contributed by atoms with E-state index in [4.69, 9.17) is 4.98 Å². The lowest BCUT2D eigenvalue weighted by molar-refractivity contribution is 0.0939. The Morgan fingerprint density at radius 2 is 1.90 bits per heavy atom. The summed E-state index contributed by atoms with van der Waals surface area (Å²) < 4.78 is 3.76. The first-order chi connectivity index (χ1) is 14.5. The van der Waals surface area contributed by atoms with Crippen molar-refractivity contribution in [2.75, 3.05) is 0 Å². The normalized spacial score (nSPS) is 12.3. The van der Waals surface area contributed by atoms with E-state index in [0.717, 1.165) is 40.2 Å². The molecule has 0 radical (unpaired) electrons. The number of carbonyl (C=O) groups is 1. The summed E-state index contributed by atoms with van der Waals surface area (Å²) >= 11 is 0. The maximum atomic E-state index is 13.2. The van der Waals surface area contributed by atoms with Crippen LogP contribution in [0.25, 0.3) is 11.0 Å². The van der Waals surface area contributed by atoms with Crippen LogP contribution in [0.3, 0.4) is 0 Å². The Hall–Kier alpha value is -3.48. The minimum atomic E-state index is -0.164. The molecule has 1 amide bonds. The summed E-state index contributed by atoms with van der Waals surface area (Å²) in [6, 6.07) is 13.7. The maximum absolute atomic E-state index is 13.2. The van der Waals surface area contributed by atoms with E-state index in [1.54, 1.807) is 6.20 Å². The van der Waals surface area contributed by atoms with Gasteiger partial charge in [-0.25, -0.2) is 9.67 Å². The van der Waals surface area contributed by atoms with Gasteiger partial charge in [-0.05, 0) is 45.4 Å². The van der Waals surface area contributed by atoms with Gasteiger partial charge in [0.1, 0.15) is 0 Å². The van der Waals surface area contributed by atoms with E-state index in [-0.39, 0.29) is 11.9 Å². The van der Waals surface area contributed by atoms with Crippen LogP contribution in [-0.4, -0.2) is 30.5 Å². The lowest BCUT2D eigenvalue weighted by Crippen LogP contribution is -2.28. The van der Waals surface area contributed by atoms with Crippen LogP contribution < -0.4 is 5.32 Å². The molecule has 4 rings (SSSR count). The fraction of sp³-hybridized carbons (Fsp3) is 0.304. The van der Waals surface area contributed by atoms with Crippen LogP contribution in [0, 0.1) is 13.8 Å². The van der Waals surface area contributed by atoms with Crippen molar-refractivity contribution in [1.82, 2.24) is 29.9 Å². The maximum Gasteiger partial charge on any atom is 0.252 e. The molecular formula is C23H26N6O. The first kappa shape index (κ1) is 19.8. The summed E-state index contributed by atoms with van der Waals surface area (Å²) in [5.74, 6) is -0.135. The van der Waals surface area contributed by atoms with E-state index >= 15 is 0 Å². The molecule has 4 aromatic rings. The summed E-state index contributed by atoms with van der Waals surface area (Å²) in [5, 5.41) is 12.9. The monoisotopic (exact) mass is 402 g/mol. The molecule has 0 saturated heterocycles. The smallest absolute Gasteiger partial charge is 0.252 e. The van der Waals surface area contributed by atoms with E-state index in [0.29, 0.717) is 12.1 Å². The van der Waals surface area contributed by atoms with Gasteiger partial charge in [-0.2, -0.15) is 10.2 Å². The van der Waals surface area contributed by atoms with Crippen molar-refractivity contribution in [3.8, 4) is 0 Å². The molecule has 0 unspecified atom stereocenters. The van der Waals surface area contributed by atoms with Gasteiger partial charge in [0, 0.05) is 18.4 Å². The number of nitrogens with zero attached hydrogens (tertiary/aromatic N) is 5. The number of hydrogen-bond acceptors (Lipinski definition) is 4. The van der Waals surface area contributed by atoms with Gasteiger partial charge in [0.25, 0.3) is 5.91 Å². The quantitative estimate of drug-likeness (QED) is 0.532. The third-order valence-corrected chi connectivity index (χ3v) is 5.27. The van der Waals surface area contributed by atoms with Crippen molar-refractivity contribution in [2.45, 2.75) is 46.8 Å². The predicted molar refractivity (Wildman–Crippen MR) is 116 cm³/mol. The largest absolute Gasteiger partial charge is 0.344 e. The molecule has 1 aromatic carbocycles. The highest BCUT2D eigenvalue weighted by molar-refractivity contribution is 6.06. The van der Waals surface area contributed by atoms with Gasteiger partial charge in [-0.1, -0.05) is 30.3 Å². The number of aromatic nitrogens is 5. The van der Waals surface area contributed by atoms with E-state index < -0.39 is 0 Å². The number of aryl methyl sites for hydroxylation is 3. The van der Waals surface area contributed by atoms with Gasteiger partial charge in [0.15, 0.2) is 5.65 Å². The molecule has 0 bridgehead atoms. The topological polar surface area (TPSA) is 77.6 Å². The second-order valence-corrected chi connectivity index (χ2v) is 7.51. The Morgan fingerprint density at radius 1 is 1.13 bits per heavy atom. The van der Waals surface area contributed by atoms with Crippen LogP contribution in [-0.2, 0) is 13.1 Å². The second kappa shape index (κ2) is 8.10. The third kappa shape index (κ3) is 3.70. The summed E-state index contributed by atoms with van der Waals surface area (Å²) in [6.45, 7) is 9.19. The Balaban J connectivity index is 1.69. The van der Waals surface area contributed by atoms with Gasteiger partial charge in [-0.3, -0.25) is 9.48 Å². The van der Waals surface area contributed by atoms with Gasteiger partial charge in [0.05, 0.1) is 34.9 Å². The Bertz CT molecular complexity index is 1190. The molecule has 7 heteroatoms. The highest BCUT2D eigenvalue weighted by Gasteiger charge is 2.21. The number of hydrogen-bond donors (Lipinski definition) is 1. The summed E-state index contributed by atoms with van der Waals surface area (Å²) in [4.78, 5) is 17.9. The van der Waals surface area contributed by atoms with Crippen LogP contribution in [0.1, 0.15) is 52.9 Å². The summed E-state index contributed by atoms with van der Waals surface area (Å²) in [5.41, 5.74) is 5.02. The molecule has 3 aromatic heterocycles. The van der Waals surface area contributed by atoms with Crippen LogP contribution in [0.5, 0.6) is 0 Å². The lowest BCUT2D eigenvalue weighted by atomic mass is 10.1. The van der Waals surface area contributed by atoms with E-state index in [9.17, 15) is 4.79 Å². The van der Waals surface area contributed by atoms with Gasteiger partial charge >= 0.3 is 0 Å². The second-order valence-electron chi connectivity index (χ2n) is 7.51. The molecule has 7 nitrogen and oxygen atoms in total. The van der Waals surface area contributed by atoms with Crippen molar-refractivity contribution >= 4 is 16.9 Å². The van der Waals surface area contributed by atoms with Crippen LogP contribution in [0.2, 0.25) is 0 Å². The van der Waals surface area contributed by atoms with E-state index in [1.165, 1.54) is 0 Å². The van der Waals surface area contributed by atoms with Crippen LogP contribution >= 0.6 is 0 Å². The average Bonchev–Trinajstić information content (AvgIpc) is 3.33. The zero-order valence-corrected chi connectivity index (χ0v) is 17.8. The molecule has 0 aliphatic rings. The first-order valence-electron chi connectivity index (χ1n) is 10.2. The number of rotatable bonds is 6. The number of benzene rings is 1. The summed E-state index contributed by atoms with van der Waals surface area (Å²) in [7, 11) is 0. The molecule has 1 N–H and O–H groups in total. The standard InChI is InChI=1S/C23H26N6O/c1-5-28-20(11-12-24-28)16(3)26-23(30)19-13-15(2)25-22-21(19)17(4)27-29(22)14-18-9-7-6-8-10-18/h6-13,16H,5,14H2,1-4H3,(H,26,30)/t16-/m1/s1. The molecule has 0 fully saturated rings.